The Kier molecular flexibility index (Phi) is 4.65. The van der Waals surface area contributed by atoms with E-state index in [1.54, 1.807) is 0 Å². The van der Waals surface area contributed by atoms with E-state index in [9.17, 15) is 0 Å². The summed E-state index contributed by atoms with van der Waals surface area (Å²) in [4.78, 5) is 9.26. The lowest BCUT2D eigenvalue weighted by Crippen LogP contribution is -2.26. The number of aromatic nitrogens is 2. The summed E-state index contributed by atoms with van der Waals surface area (Å²) >= 11 is 0. The molecule has 0 aliphatic carbocycles. The fourth-order valence-corrected chi connectivity index (χ4v) is 4.44. The maximum Gasteiger partial charge on any atom is 0.258 e. The van der Waals surface area contributed by atoms with Gasteiger partial charge in [-0.1, -0.05) is 47.6 Å². The van der Waals surface area contributed by atoms with Crippen molar-refractivity contribution in [1.29, 1.82) is 0 Å². The predicted molar refractivity (Wildman–Crippen MR) is 133 cm³/mol. The Morgan fingerprint density at radius 1 is 0.636 bits per heavy atom. The van der Waals surface area contributed by atoms with Crippen LogP contribution in [0.25, 0.3) is 22.8 Å². The van der Waals surface area contributed by atoms with Gasteiger partial charge in [0.15, 0.2) is 0 Å². The molecule has 5 nitrogen and oxygen atoms in total. The quantitative estimate of drug-likeness (QED) is 0.298. The number of para-hydroxylation sites is 4. The molecule has 2 heterocycles. The second-order valence-corrected chi connectivity index (χ2v) is 7.89. The lowest BCUT2D eigenvalue weighted by molar-refractivity contribution is 0.432. The van der Waals surface area contributed by atoms with Crippen LogP contribution in [-0.4, -0.2) is 16.7 Å². The van der Waals surface area contributed by atoms with Crippen LogP contribution in [0.1, 0.15) is 6.92 Å². The zero-order valence-electron chi connectivity index (χ0n) is 18.2. The second-order valence-electron chi connectivity index (χ2n) is 7.89. The zero-order chi connectivity index (χ0) is 22.2. The van der Waals surface area contributed by atoms with Crippen LogP contribution >= 0.6 is 0 Å². The lowest BCUT2D eigenvalue weighted by atomic mass is 10.1. The standard InChI is InChI=1S/C28H22N4O/c1-2-31-23-12-6-8-14-25(23)32(26-15-9-7-13-24(26)31)22-18-16-20(17-19-22)27-29-28(33-30-27)21-10-4-3-5-11-21/h3-19H,2H2,1H3. The molecule has 5 heteroatoms. The molecule has 0 saturated carbocycles. The van der Waals surface area contributed by atoms with Crippen molar-refractivity contribution in [2.24, 2.45) is 0 Å². The zero-order valence-corrected chi connectivity index (χ0v) is 18.2. The Morgan fingerprint density at radius 3 is 1.82 bits per heavy atom. The molecule has 0 amide bonds. The third kappa shape index (κ3) is 3.26. The smallest absolute Gasteiger partial charge is 0.258 e. The minimum Gasteiger partial charge on any atom is -0.338 e. The average Bonchev–Trinajstić information content (AvgIpc) is 3.38. The molecule has 0 unspecified atom stereocenters. The molecule has 0 atom stereocenters. The van der Waals surface area contributed by atoms with E-state index in [2.05, 4.69) is 87.5 Å². The number of benzene rings is 4. The molecule has 33 heavy (non-hydrogen) atoms. The summed E-state index contributed by atoms with van der Waals surface area (Å²) < 4.78 is 5.49. The van der Waals surface area contributed by atoms with Gasteiger partial charge in [-0.25, -0.2) is 0 Å². The largest absolute Gasteiger partial charge is 0.338 e. The van der Waals surface area contributed by atoms with Gasteiger partial charge in [0.2, 0.25) is 5.82 Å². The first-order valence-corrected chi connectivity index (χ1v) is 11.1. The fraction of sp³-hybridized carbons (Fsp3) is 0.0714. The maximum absolute atomic E-state index is 5.49. The van der Waals surface area contributed by atoms with Gasteiger partial charge in [0.25, 0.3) is 5.89 Å². The van der Waals surface area contributed by atoms with E-state index < -0.39 is 0 Å². The first-order valence-electron chi connectivity index (χ1n) is 11.1. The van der Waals surface area contributed by atoms with Gasteiger partial charge in [-0.05, 0) is 67.6 Å². The molecule has 4 aromatic carbocycles. The fourth-order valence-electron chi connectivity index (χ4n) is 4.44. The first kappa shape index (κ1) is 19.3. The van der Waals surface area contributed by atoms with Crippen LogP contribution in [0.4, 0.5) is 28.4 Å². The number of anilines is 5. The van der Waals surface area contributed by atoms with Crippen molar-refractivity contribution >= 4 is 28.4 Å². The van der Waals surface area contributed by atoms with E-state index >= 15 is 0 Å². The highest BCUT2D eigenvalue weighted by Gasteiger charge is 2.28. The number of nitrogens with zero attached hydrogens (tertiary/aromatic N) is 4. The summed E-state index contributed by atoms with van der Waals surface area (Å²) in [6.07, 6.45) is 0. The second kappa shape index (κ2) is 7.95. The summed E-state index contributed by atoms with van der Waals surface area (Å²) in [5.41, 5.74) is 7.64. The molecule has 6 rings (SSSR count). The van der Waals surface area contributed by atoms with Crippen LogP contribution in [-0.2, 0) is 0 Å². The van der Waals surface area contributed by atoms with Crippen molar-refractivity contribution in [1.82, 2.24) is 10.1 Å². The monoisotopic (exact) mass is 430 g/mol. The molecule has 0 saturated heterocycles. The molecule has 0 fully saturated rings. The van der Waals surface area contributed by atoms with Crippen molar-refractivity contribution in [2.45, 2.75) is 6.92 Å². The van der Waals surface area contributed by atoms with Crippen molar-refractivity contribution in [3.05, 3.63) is 103 Å². The Hall–Kier alpha value is -4.38. The van der Waals surface area contributed by atoms with Crippen LogP contribution in [0.3, 0.4) is 0 Å². The molecule has 1 aliphatic heterocycles. The average molecular weight is 431 g/mol. The molecule has 160 valence electrons. The SMILES string of the molecule is CCN1c2ccccc2N(c2ccc(-c3noc(-c4ccccc4)n3)cc2)c2ccccc21. The van der Waals surface area contributed by atoms with E-state index in [0.717, 1.165) is 34.7 Å². The van der Waals surface area contributed by atoms with Crippen molar-refractivity contribution in [3.8, 4) is 22.8 Å². The summed E-state index contributed by atoms with van der Waals surface area (Å²) in [7, 11) is 0. The topological polar surface area (TPSA) is 45.4 Å². The van der Waals surface area contributed by atoms with E-state index in [1.807, 2.05) is 42.5 Å². The first-order chi connectivity index (χ1) is 16.3. The molecular weight excluding hydrogens is 408 g/mol. The van der Waals surface area contributed by atoms with Gasteiger partial charge in [-0.3, -0.25) is 0 Å². The summed E-state index contributed by atoms with van der Waals surface area (Å²) in [6, 6.07) is 35.2. The highest BCUT2D eigenvalue weighted by atomic mass is 16.5. The van der Waals surface area contributed by atoms with Gasteiger partial charge in [0.1, 0.15) is 0 Å². The third-order valence-corrected chi connectivity index (χ3v) is 5.97. The Morgan fingerprint density at radius 2 is 1.21 bits per heavy atom. The summed E-state index contributed by atoms with van der Waals surface area (Å²) in [6.45, 7) is 3.09. The summed E-state index contributed by atoms with van der Waals surface area (Å²) in [5.74, 6) is 1.10. The molecular formula is C28H22N4O. The number of hydrogen-bond donors (Lipinski definition) is 0. The van der Waals surface area contributed by atoms with Gasteiger partial charge in [0.05, 0.1) is 22.7 Å². The van der Waals surface area contributed by atoms with Crippen LogP contribution in [0, 0.1) is 0 Å². The molecule has 0 radical (unpaired) electrons. The molecule has 0 spiro atoms. The van der Waals surface area contributed by atoms with Crippen molar-refractivity contribution in [2.75, 3.05) is 16.3 Å². The van der Waals surface area contributed by atoms with Crippen LogP contribution in [0.5, 0.6) is 0 Å². The molecule has 5 aromatic rings. The van der Waals surface area contributed by atoms with Gasteiger partial charge < -0.3 is 14.3 Å². The minimum absolute atomic E-state index is 0.521. The normalized spacial score (nSPS) is 12.4. The van der Waals surface area contributed by atoms with E-state index in [4.69, 9.17) is 4.52 Å². The van der Waals surface area contributed by atoms with E-state index in [-0.39, 0.29) is 0 Å². The minimum atomic E-state index is 0.521. The highest BCUT2D eigenvalue weighted by molar-refractivity contribution is 5.97. The Labute approximate surface area is 192 Å². The van der Waals surface area contributed by atoms with Gasteiger partial charge in [0, 0.05) is 23.4 Å². The van der Waals surface area contributed by atoms with E-state index in [1.165, 1.54) is 11.4 Å². The third-order valence-electron chi connectivity index (χ3n) is 5.97. The van der Waals surface area contributed by atoms with E-state index in [0.29, 0.717) is 11.7 Å². The van der Waals surface area contributed by atoms with Crippen molar-refractivity contribution < 1.29 is 4.52 Å². The number of fused-ring (bicyclic) bond motifs is 2. The summed E-state index contributed by atoms with van der Waals surface area (Å²) in [5, 5.41) is 4.19. The molecule has 0 N–H and O–H groups in total. The molecule has 0 bridgehead atoms. The van der Waals surface area contributed by atoms with Crippen LogP contribution in [0.15, 0.2) is 108 Å². The van der Waals surface area contributed by atoms with Crippen molar-refractivity contribution in [3.63, 3.8) is 0 Å². The highest BCUT2D eigenvalue weighted by Crippen LogP contribution is 2.50. The number of rotatable bonds is 4. The Balaban J connectivity index is 1.39. The Bertz CT molecular complexity index is 1360. The lowest BCUT2D eigenvalue weighted by Gasteiger charge is -2.39. The van der Waals surface area contributed by atoms with Gasteiger partial charge in [-0.15, -0.1) is 0 Å². The molecule has 1 aliphatic rings. The predicted octanol–water partition coefficient (Wildman–Crippen LogP) is 7.34. The molecule has 1 aromatic heterocycles. The van der Waals surface area contributed by atoms with Gasteiger partial charge >= 0.3 is 0 Å². The maximum atomic E-state index is 5.49. The van der Waals surface area contributed by atoms with Crippen LogP contribution < -0.4 is 9.80 Å². The van der Waals surface area contributed by atoms with Crippen LogP contribution in [0.2, 0.25) is 0 Å². The van der Waals surface area contributed by atoms with Gasteiger partial charge in [-0.2, -0.15) is 4.98 Å². The number of hydrogen-bond acceptors (Lipinski definition) is 5.